The van der Waals surface area contributed by atoms with Gasteiger partial charge in [-0.25, -0.2) is 4.79 Å². The fourth-order valence-corrected chi connectivity index (χ4v) is 1.74. The van der Waals surface area contributed by atoms with Gasteiger partial charge in [-0.15, -0.1) is 0 Å². The highest BCUT2D eigenvalue weighted by atomic mass is 16.5. The van der Waals surface area contributed by atoms with E-state index < -0.39 is 0 Å². The molecule has 0 aromatic heterocycles. The van der Waals surface area contributed by atoms with Gasteiger partial charge in [-0.3, -0.25) is 0 Å². The van der Waals surface area contributed by atoms with Crippen molar-refractivity contribution in [1.82, 2.24) is 0 Å². The second-order valence-corrected chi connectivity index (χ2v) is 4.08. The summed E-state index contributed by atoms with van der Waals surface area (Å²) in [5, 5.41) is 0. The maximum atomic E-state index is 11.2. The van der Waals surface area contributed by atoms with Crippen molar-refractivity contribution in [2.75, 3.05) is 0 Å². The molecular weight excluding hydrogens is 164 g/mol. The average molecular weight is 182 g/mol. The highest BCUT2D eigenvalue weighted by molar-refractivity contribution is 5.87. The average Bonchev–Trinajstić information content (AvgIpc) is 2.04. The van der Waals surface area contributed by atoms with Crippen LogP contribution in [0.2, 0.25) is 0 Å². The second kappa shape index (κ2) is 4.45. The van der Waals surface area contributed by atoms with Crippen LogP contribution in [0.25, 0.3) is 0 Å². The molecule has 0 amide bonds. The second-order valence-electron chi connectivity index (χ2n) is 4.08. The number of ether oxygens (including phenoxy) is 1. The Hall–Kier alpha value is -0.790. The van der Waals surface area contributed by atoms with E-state index in [2.05, 4.69) is 13.5 Å². The van der Waals surface area contributed by atoms with Crippen LogP contribution in [-0.2, 0) is 9.53 Å². The molecule has 0 heterocycles. The lowest BCUT2D eigenvalue weighted by Gasteiger charge is -2.26. The summed E-state index contributed by atoms with van der Waals surface area (Å²) in [7, 11) is 0. The van der Waals surface area contributed by atoms with E-state index in [1.54, 1.807) is 6.92 Å². The first kappa shape index (κ1) is 10.3. The summed E-state index contributed by atoms with van der Waals surface area (Å²) < 4.78 is 5.28. The Morgan fingerprint density at radius 3 is 2.69 bits per heavy atom. The van der Waals surface area contributed by atoms with Crippen LogP contribution in [0, 0.1) is 5.92 Å². The molecule has 2 nitrogen and oxygen atoms in total. The van der Waals surface area contributed by atoms with Gasteiger partial charge in [-0.2, -0.15) is 0 Å². The molecule has 0 unspecified atom stereocenters. The van der Waals surface area contributed by atoms with Crippen LogP contribution in [0.1, 0.15) is 39.5 Å². The first-order chi connectivity index (χ1) is 6.09. The van der Waals surface area contributed by atoms with Crippen molar-refractivity contribution in [3.63, 3.8) is 0 Å². The molecule has 1 fully saturated rings. The molecule has 0 aromatic rings. The van der Waals surface area contributed by atoms with Crippen LogP contribution in [0.3, 0.4) is 0 Å². The van der Waals surface area contributed by atoms with E-state index >= 15 is 0 Å². The fourth-order valence-electron chi connectivity index (χ4n) is 1.74. The maximum absolute atomic E-state index is 11.2. The summed E-state index contributed by atoms with van der Waals surface area (Å²) in [6.45, 7) is 7.46. The van der Waals surface area contributed by atoms with Crippen LogP contribution < -0.4 is 0 Å². The van der Waals surface area contributed by atoms with Gasteiger partial charge in [0.2, 0.25) is 0 Å². The molecule has 0 N–H and O–H groups in total. The van der Waals surface area contributed by atoms with Gasteiger partial charge in [-0.05, 0) is 32.1 Å². The molecule has 0 aliphatic heterocycles. The van der Waals surface area contributed by atoms with Crippen LogP contribution in [0.4, 0.5) is 0 Å². The number of carbonyl (C=O) groups excluding carboxylic acids is 1. The number of hydrogen-bond acceptors (Lipinski definition) is 2. The highest BCUT2D eigenvalue weighted by Crippen LogP contribution is 2.26. The third kappa shape index (κ3) is 3.21. The van der Waals surface area contributed by atoms with Gasteiger partial charge in [0.1, 0.15) is 6.10 Å². The Morgan fingerprint density at radius 2 is 2.15 bits per heavy atom. The van der Waals surface area contributed by atoms with E-state index in [4.69, 9.17) is 4.74 Å². The van der Waals surface area contributed by atoms with Gasteiger partial charge in [0.15, 0.2) is 0 Å². The lowest BCUT2D eigenvalue weighted by Crippen LogP contribution is -2.24. The zero-order valence-corrected chi connectivity index (χ0v) is 8.51. The van der Waals surface area contributed by atoms with E-state index in [0.29, 0.717) is 11.5 Å². The minimum absolute atomic E-state index is 0.132. The van der Waals surface area contributed by atoms with Gasteiger partial charge in [0.05, 0.1) is 0 Å². The molecule has 2 atom stereocenters. The zero-order valence-electron chi connectivity index (χ0n) is 8.51. The smallest absolute Gasteiger partial charge is 0.333 e. The first-order valence-electron chi connectivity index (χ1n) is 4.96. The number of hydrogen-bond donors (Lipinski definition) is 0. The standard InChI is InChI=1S/C11H18O2/c1-8(2)11(12)13-10-6-4-5-9(3)7-10/h9-10H,1,4-7H2,2-3H3/t9-,10-/m1/s1. The van der Waals surface area contributed by atoms with Crippen molar-refractivity contribution in [3.8, 4) is 0 Å². The van der Waals surface area contributed by atoms with Gasteiger partial charge in [0.25, 0.3) is 0 Å². The first-order valence-corrected chi connectivity index (χ1v) is 4.96. The zero-order chi connectivity index (χ0) is 9.84. The molecule has 2 heteroatoms. The van der Waals surface area contributed by atoms with Gasteiger partial charge < -0.3 is 4.74 Å². The third-order valence-corrected chi connectivity index (χ3v) is 2.51. The van der Waals surface area contributed by atoms with E-state index in [9.17, 15) is 4.79 Å². The lowest BCUT2D eigenvalue weighted by molar-refractivity contribution is -0.146. The Balaban J connectivity index is 2.36. The normalized spacial score (nSPS) is 28.2. The van der Waals surface area contributed by atoms with Crippen molar-refractivity contribution in [1.29, 1.82) is 0 Å². The molecule has 74 valence electrons. The summed E-state index contributed by atoms with van der Waals surface area (Å²) >= 11 is 0. The highest BCUT2D eigenvalue weighted by Gasteiger charge is 2.21. The van der Waals surface area contributed by atoms with E-state index in [1.807, 2.05) is 0 Å². The lowest BCUT2D eigenvalue weighted by atomic mass is 9.89. The van der Waals surface area contributed by atoms with Crippen LogP contribution >= 0.6 is 0 Å². The molecule has 0 spiro atoms. The van der Waals surface area contributed by atoms with Crippen molar-refractivity contribution in [3.05, 3.63) is 12.2 Å². The molecule has 1 rings (SSSR count). The van der Waals surface area contributed by atoms with Crippen LogP contribution in [-0.4, -0.2) is 12.1 Å². The molecule has 13 heavy (non-hydrogen) atoms. The molecule has 0 radical (unpaired) electrons. The molecule has 1 aliphatic rings. The molecular formula is C11H18O2. The summed E-state index contributed by atoms with van der Waals surface area (Å²) in [6, 6.07) is 0. The van der Waals surface area contributed by atoms with Crippen molar-refractivity contribution < 1.29 is 9.53 Å². The van der Waals surface area contributed by atoms with E-state index in [1.165, 1.54) is 12.8 Å². The van der Waals surface area contributed by atoms with Gasteiger partial charge in [-0.1, -0.05) is 19.9 Å². The SMILES string of the molecule is C=C(C)C(=O)O[C@@H]1CCC[C@@H](C)C1. The summed E-state index contributed by atoms with van der Waals surface area (Å²) in [5.74, 6) is 0.454. The summed E-state index contributed by atoms with van der Waals surface area (Å²) in [5.41, 5.74) is 0.498. The van der Waals surface area contributed by atoms with Gasteiger partial charge >= 0.3 is 5.97 Å². The predicted molar refractivity (Wildman–Crippen MR) is 52.3 cm³/mol. The van der Waals surface area contributed by atoms with Crippen LogP contribution in [0.5, 0.6) is 0 Å². The van der Waals surface area contributed by atoms with Gasteiger partial charge in [0, 0.05) is 5.57 Å². The minimum Gasteiger partial charge on any atom is -0.459 e. The Labute approximate surface area is 80.0 Å². The molecule has 0 saturated heterocycles. The Bertz CT molecular complexity index is 208. The number of rotatable bonds is 2. The molecule has 1 aliphatic carbocycles. The summed E-state index contributed by atoms with van der Waals surface area (Å²) in [4.78, 5) is 11.2. The molecule has 0 aromatic carbocycles. The Kier molecular flexibility index (Phi) is 3.52. The largest absolute Gasteiger partial charge is 0.459 e. The monoisotopic (exact) mass is 182 g/mol. The van der Waals surface area contributed by atoms with Crippen molar-refractivity contribution >= 4 is 5.97 Å². The van der Waals surface area contributed by atoms with E-state index in [0.717, 1.165) is 12.8 Å². The number of carbonyl (C=O) groups is 1. The third-order valence-electron chi connectivity index (χ3n) is 2.51. The Morgan fingerprint density at radius 1 is 1.46 bits per heavy atom. The minimum atomic E-state index is -0.237. The predicted octanol–water partition coefficient (Wildman–Crippen LogP) is 2.68. The molecule has 0 bridgehead atoms. The topological polar surface area (TPSA) is 26.3 Å². The number of esters is 1. The maximum Gasteiger partial charge on any atom is 0.333 e. The van der Waals surface area contributed by atoms with E-state index in [-0.39, 0.29) is 12.1 Å². The van der Waals surface area contributed by atoms with Crippen LogP contribution in [0.15, 0.2) is 12.2 Å². The summed E-state index contributed by atoms with van der Waals surface area (Å²) in [6.07, 6.45) is 4.60. The van der Waals surface area contributed by atoms with Crippen molar-refractivity contribution in [2.45, 2.75) is 45.6 Å². The van der Waals surface area contributed by atoms with Crippen molar-refractivity contribution in [2.24, 2.45) is 5.92 Å². The molecule has 1 saturated carbocycles. The fraction of sp³-hybridized carbons (Fsp3) is 0.727. The quantitative estimate of drug-likeness (QED) is 0.485.